The third-order valence-electron chi connectivity index (χ3n) is 6.80. The molecule has 0 aliphatic carbocycles. The molecule has 1 aromatic carbocycles. The van der Waals surface area contributed by atoms with Crippen LogP contribution in [0.3, 0.4) is 0 Å². The molecule has 5 nitrogen and oxygen atoms in total. The highest BCUT2D eigenvalue weighted by Gasteiger charge is 2.40. The van der Waals surface area contributed by atoms with E-state index in [2.05, 4.69) is 14.5 Å². The number of rotatable bonds is 6. The molecule has 4 saturated heterocycles. The van der Waals surface area contributed by atoms with Crippen LogP contribution in [0.5, 0.6) is 0 Å². The predicted molar refractivity (Wildman–Crippen MR) is 108 cm³/mol. The first-order valence-corrected chi connectivity index (χ1v) is 12.0. The van der Waals surface area contributed by atoms with Gasteiger partial charge in [0.15, 0.2) is 0 Å². The lowest BCUT2D eigenvalue weighted by Crippen LogP contribution is -2.58. The highest BCUT2D eigenvalue weighted by molar-refractivity contribution is 7.89. The quantitative estimate of drug-likeness (QED) is 0.809. The minimum absolute atomic E-state index is 0.349. The van der Waals surface area contributed by atoms with Crippen molar-refractivity contribution in [1.82, 2.24) is 14.5 Å². The van der Waals surface area contributed by atoms with Crippen LogP contribution >= 0.6 is 0 Å². The topological polar surface area (TPSA) is 52.7 Å². The third kappa shape index (κ3) is 4.56. The van der Waals surface area contributed by atoms with Crippen LogP contribution in [-0.2, 0) is 10.0 Å². The Morgan fingerprint density at radius 1 is 1.07 bits per heavy atom. The van der Waals surface area contributed by atoms with Gasteiger partial charge in [0.1, 0.15) is 0 Å². The van der Waals surface area contributed by atoms with Crippen LogP contribution in [0.25, 0.3) is 0 Å². The molecule has 27 heavy (non-hydrogen) atoms. The summed E-state index contributed by atoms with van der Waals surface area (Å²) in [4.78, 5) is 5.56. The van der Waals surface area contributed by atoms with Gasteiger partial charge in [-0.3, -0.25) is 4.90 Å². The number of likely N-dealkylation sites (tertiary alicyclic amines) is 1. The number of hydrogen-bond donors (Lipinski definition) is 1. The molecule has 4 atom stereocenters. The van der Waals surface area contributed by atoms with E-state index in [4.69, 9.17) is 0 Å². The summed E-state index contributed by atoms with van der Waals surface area (Å²) in [6.45, 7) is 8.53. The van der Waals surface area contributed by atoms with E-state index in [1.807, 2.05) is 19.1 Å². The van der Waals surface area contributed by atoms with E-state index in [1.165, 1.54) is 45.3 Å². The molecule has 1 aromatic rings. The third-order valence-corrected chi connectivity index (χ3v) is 8.24. The Hall–Kier alpha value is -0.950. The van der Waals surface area contributed by atoms with Crippen LogP contribution in [0.1, 0.15) is 37.7 Å². The fraction of sp³-hybridized carbons (Fsp3) is 0.714. The number of nitrogens with one attached hydrogen (secondary N) is 1. The number of fused-ring (bicyclic) bond motifs is 3. The highest BCUT2D eigenvalue weighted by atomic mass is 32.2. The van der Waals surface area contributed by atoms with Gasteiger partial charge in [-0.1, -0.05) is 24.1 Å². The van der Waals surface area contributed by atoms with E-state index < -0.39 is 10.0 Å². The van der Waals surface area contributed by atoms with Crippen LogP contribution in [0.15, 0.2) is 29.2 Å². The number of hydrogen-bond acceptors (Lipinski definition) is 4. The Morgan fingerprint density at radius 2 is 1.81 bits per heavy atom. The van der Waals surface area contributed by atoms with Gasteiger partial charge in [0, 0.05) is 25.7 Å². The van der Waals surface area contributed by atoms with Crippen molar-refractivity contribution in [1.29, 1.82) is 0 Å². The Morgan fingerprint density at radius 3 is 2.48 bits per heavy atom. The summed E-state index contributed by atoms with van der Waals surface area (Å²) >= 11 is 0. The van der Waals surface area contributed by atoms with Crippen molar-refractivity contribution in [2.24, 2.45) is 11.8 Å². The molecule has 0 aromatic heterocycles. The lowest BCUT2D eigenvalue weighted by molar-refractivity contribution is -0.0122. The van der Waals surface area contributed by atoms with Gasteiger partial charge < -0.3 is 4.90 Å². The van der Waals surface area contributed by atoms with Gasteiger partial charge in [-0.25, -0.2) is 13.1 Å². The molecule has 0 amide bonds. The average molecular weight is 392 g/mol. The Balaban J connectivity index is 1.32. The van der Waals surface area contributed by atoms with E-state index in [-0.39, 0.29) is 0 Å². The molecule has 0 radical (unpaired) electrons. The number of aryl methyl sites for hydroxylation is 1. The molecule has 5 rings (SSSR count). The minimum Gasteiger partial charge on any atom is -0.303 e. The minimum atomic E-state index is -3.41. The molecule has 4 fully saturated rings. The molecule has 4 aliphatic rings. The van der Waals surface area contributed by atoms with Gasteiger partial charge in [-0.05, 0) is 76.2 Å². The largest absolute Gasteiger partial charge is 0.303 e. The zero-order valence-electron chi connectivity index (χ0n) is 16.4. The first-order chi connectivity index (χ1) is 13.0. The van der Waals surface area contributed by atoms with Crippen molar-refractivity contribution in [3.05, 3.63) is 29.8 Å². The van der Waals surface area contributed by atoms with E-state index in [9.17, 15) is 8.42 Å². The van der Waals surface area contributed by atoms with Crippen LogP contribution in [0.4, 0.5) is 0 Å². The van der Waals surface area contributed by atoms with Crippen LogP contribution in [0, 0.1) is 18.8 Å². The van der Waals surface area contributed by atoms with Gasteiger partial charge in [0.25, 0.3) is 0 Å². The second-order valence-electron chi connectivity index (χ2n) is 8.72. The number of nitrogens with zero attached hydrogens (tertiary/aromatic N) is 2. The fourth-order valence-electron chi connectivity index (χ4n) is 5.15. The molecule has 2 bridgehead atoms. The molecule has 6 heteroatoms. The molecular formula is C21H33N3O2S. The normalized spacial score (nSPS) is 31.9. The van der Waals surface area contributed by atoms with E-state index >= 15 is 0 Å². The molecule has 4 aliphatic heterocycles. The molecule has 0 saturated carbocycles. The van der Waals surface area contributed by atoms with Crippen LogP contribution in [-0.4, -0.2) is 63.5 Å². The summed E-state index contributed by atoms with van der Waals surface area (Å²) in [5.41, 5.74) is 1.07. The average Bonchev–Trinajstić information content (AvgIpc) is 2.68. The highest BCUT2D eigenvalue weighted by Crippen LogP contribution is 2.37. The Bertz CT molecular complexity index is 728. The summed E-state index contributed by atoms with van der Waals surface area (Å²) in [6, 6.07) is 7.44. The van der Waals surface area contributed by atoms with Crippen molar-refractivity contribution in [2.45, 2.75) is 50.0 Å². The first kappa shape index (κ1) is 19.4. The van der Waals surface area contributed by atoms with Gasteiger partial charge >= 0.3 is 0 Å². The summed E-state index contributed by atoms with van der Waals surface area (Å²) in [5.74, 6) is 1.52. The molecule has 0 spiro atoms. The fourth-order valence-corrected chi connectivity index (χ4v) is 6.22. The first-order valence-electron chi connectivity index (χ1n) is 10.5. The van der Waals surface area contributed by atoms with Gasteiger partial charge in [0.2, 0.25) is 10.0 Å². The van der Waals surface area contributed by atoms with E-state index in [0.717, 1.165) is 36.9 Å². The molecule has 1 unspecified atom stereocenters. The molecule has 150 valence electrons. The van der Waals surface area contributed by atoms with Crippen molar-refractivity contribution >= 4 is 10.0 Å². The van der Waals surface area contributed by atoms with Gasteiger partial charge in [-0.2, -0.15) is 0 Å². The Kier molecular flexibility index (Phi) is 5.88. The summed E-state index contributed by atoms with van der Waals surface area (Å²) in [5, 5.41) is 0. The van der Waals surface area contributed by atoms with E-state index in [0.29, 0.717) is 17.5 Å². The second kappa shape index (κ2) is 8.19. The predicted octanol–water partition coefficient (Wildman–Crippen LogP) is 2.47. The molecule has 4 heterocycles. The SMILES string of the molecule is Cc1ccc(S(=O)(=O)NC[C@@H]2C[C@H]3CCN2C[C@@H]3CN2CCCCC2)cc1. The number of benzene rings is 1. The summed E-state index contributed by atoms with van der Waals surface area (Å²) < 4.78 is 28.0. The second-order valence-corrected chi connectivity index (χ2v) is 10.5. The van der Waals surface area contributed by atoms with Crippen molar-refractivity contribution < 1.29 is 8.42 Å². The Labute approximate surface area is 164 Å². The zero-order valence-corrected chi connectivity index (χ0v) is 17.3. The maximum absolute atomic E-state index is 12.6. The summed E-state index contributed by atoms with van der Waals surface area (Å²) in [6.07, 6.45) is 6.50. The lowest BCUT2D eigenvalue weighted by Gasteiger charge is -2.51. The van der Waals surface area contributed by atoms with Crippen molar-refractivity contribution in [3.63, 3.8) is 0 Å². The number of sulfonamides is 1. The smallest absolute Gasteiger partial charge is 0.240 e. The van der Waals surface area contributed by atoms with Gasteiger partial charge in [-0.15, -0.1) is 0 Å². The van der Waals surface area contributed by atoms with Crippen LogP contribution < -0.4 is 4.72 Å². The maximum Gasteiger partial charge on any atom is 0.240 e. The van der Waals surface area contributed by atoms with Crippen molar-refractivity contribution in [2.75, 3.05) is 39.3 Å². The standard InChI is InChI=1S/C21H33N3O2S/c1-17-5-7-21(8-6-17)27(25,26)22-14-20-13-18-9-12-24(20)16-19(18)15-23-10-3-2-4-11-23/h5-8,18-20,22H,2-4,9-16H2,1H3/t18-,19+,20+/m1/s1. The van der Waals surface area contributed by atoms with Crippen molar-refractivity contribution in [3.8, 4) is 0 Å². The van der Waals surface area contributed by atoms with E-state index in [1.54, 1.807) is 12.1 Å². The number of piperidine rings is 4. The molecular weight excluding hydrogens is 358 g/mol. The van der Waals surface area contributed by atoms with Gasteiger partial charge in [0.05, 0.1) is 4.90 Å². The van der Waals surface area contributed by atoms with Crippen LogP contribution in [0.2, 0.25) is 0 Å². The zero-order chi connectivity index (χ0) is 18.9. The summed E-state index contributed by atoms with van der Waals surface area (Å²) in [7, 11) is -3.41. The monoisotopic (exact) mass is 391 g/mol. The lowest BCUT2D eigenvalue weighted by atomic mass is 9.75. The molecule has 1 N–H and O–H groups in total. The maximum atomic E-state index is 12.6.